The van der Waals surface area contributed by atoms with E-state index in [-0.39, 0.29) is 19.4 Å². The van der Waals surface area contributed by atoms with Gasteiger partial charge >= 0.3 is 0 Å². The number of carbonyl (C=O) groups excluding carboxylic acids is 2. The molecule has 1 aromatic rings. The number of hydrogen-bond donors (Lipinski definition) is 3. The van der Waals surface area contributed by atoms with Gasteiger partial charge in [0.1, 0.15) is 0 Å². The van der Waals surface area contributed by atoms with Gasteiger partial charge in [0, 0.05) is 26.6 Å². The van der Waals surface area contributed by atoms with E-state index in [0.717, 1.165) is 25.7 Å². The Morgan fingerprint density at radius 1 is 1.29 bits per heavy atom. The van der Waals surface area contributed by atoms with Crippen LogP contribution in [0.3, 0.4) is 0 Å². The minimum Gasteiger partial charge on any atom is -0.365 e. The number of primary amides is 1. The molecule has 0 aliphatic heterocycles. The van der Waals surface area contributed by atoms with Gasteiger partial charge in [0.25, 0.3) is 5.91 Å². The molecule has 7 heteroatoms. The van der Waals surface area contributed by atoms with Crippen molar-refractivity contribution in [2.75, 3.05) is 5.32 Å². The van der Waals surface area contributed by atoms with Crippen LogP contribution in [-0.2, 0) is 11.2 Å². The zero-order valence-corrected chi connectivity index (χ0v) is 14.6. The van der Waals surface area contributed by atoms with E-state index in [2.05, 4.69) is 34.4 Å². The van der Waals surface area contributed by atoms with E-state index in [1.165, 1.54) is 6.20 Å². The summed E-state index contributed by atoms with van der Waals surface area (Å²) >= 11 is 0. The van der Waals surface area contributed by atoms with E-state index < -0.39 is 5.91 Å². The molecule has 0 unspecified atom stereocenters. The lowest BCUT2D eigenvalue weighted by Gasteiger charge is -2.29. The summed E-state index contributed by atoms with van der Waals surface area (Å²) in [6, 6.07) is 0.538. The van der Waals surface area contributed by atoms with Crippen molar-refractivity contribution in [3.8, 4) is 0 Å². The van der Waals surface area contributed by atoms with E-state index in [1.807, 2.05) is 0 Å². The highest BCUT2D eigenvalue weighted by atomic mass is 16.1. The van der Waals surface area contributed by atoms with Crippen LogP contribution >= 0.6 is 0 Å². The number of nitrogens with two attached hydrogens (primary N) is 1. The minimum absolute atomic E-state index is 0. The second-order valence-corrected chi connectivity index (χ2v) is 6.91. The summed E-state index contributed by atoms with van der Waals surface area (Å²) in [5.74, 6) is 0.445. The van der Waals surface area contributed by atoms with Crippen molar-refractivity contribution in [1.29, 1.82) is 0 Å². The van der Waals surface area contributed by atoms with Crippen molar-refractivity contribution in [3.63, 3.8) is 0 Å². The zero-order valence-electron chi connectivity index (χ0n) is 14.6. The molecule has 1 fully saturated rings. The molecule has 1 aromatic heterocycles. The summed E-state index contributed by atoms with van der Waals surface area (Å²) in [4.78, 5) is 31.4. The van der Waals surface area contributed by atoms with Gasteiger partial charge in [-0.2, -0.15) is 0 Å². The number of amides is 2. The quantitative estimate of drug-likeness (QED) is 0.735. The van der Waals surface area contributed by atoms with Gasteiger partial charge in [-0.3, -0.25) is 9.59 Å². The average Bonchev–Trinajstić information content (AvgIpc) is 2.48. The van der Waals surface area contributed by atoms with Gasteiger partial charge in [0.05, 0.1) is 11.3 Å². The Hall–Kier alpha value is -2.18. The predicted molar refractivity (Wildman–Crippen MR) is 94.7 cm³/mol. The first-order valence-electron chi connectivity index (χ1n) is 8.54. The topological polar surface area (TPSA) is 110 Å². The van der Waals surface area contributed by atoms with Gasteiger partial charge in [-0.05, 0) is 38.0 Å². The van der Waals surface area contributed by atoms with Crippen molar-refractivity contribution in [2.24, 2.45) is 11.7 Å². The second kappa shape index (κ2) is 8.08. The Kier molecular flexibility index (Phi) is 6.11. The van der Waals surface area contributed by atoms with Crippen LogP contribution in [0.4, 0.5) is 5.95 Å². The van der Waals surface area contributed by atoms with Crippen molar-refractivity contribution in [3.05, 3.63) is 17.5 Å². The molecule has 2 amide bonds. The molecule has 0 spiro atoms. The number of nitrogens with zero attached hydrogens (tertiary/aromatic N) is 2. The molecule has 1 aliphatic rings. The first-order valence-corrected chi connectivity index (χ1v) is 8.54. The molecule has 0 saturated heterocycles. The molecule has 4 N–H and O–H groups in total. The smallest absolute Gasteiger partial charge is 0.252 e. The highest BCUT2D eigenvalue weighted by Gasteiger charge is 2.22. The fraction of sp³-hybridized carbons (Fsp3) is 0.647. The lowest BCUT2D eigenvalue weighted by atomic mass is 9.91. The van der Waals surface area contributed by atoms with E-state index in [4.69, 9.17) is 5.73 Å². The normalized spacial score (nSPS) is 20.7. The number of aromatic nitrogens is 2. The number of hydrogen-bond acceptors (Lipinski definition) is 5. The number of carbonyl (C=O) groups is 2. The van der Waals surface area contributed by atoms with Crippen molar-refractivity contribution in [1.82, 2.24) is 15.3 Å². The van der Waals surface area contributed by atoms with Crippen LogP contribution in [-0.4, -0.2) is 33.9 Å². The van der Waals surface area contributed by atoms with Crippen molar-refractivity contribution < 1.29 is 11.0 Å². The third-order valence-electron chi connectivity index (χ3n) is 4.20. The highest BCUT2D eigenvalue weighted by molar-refractivity contribution is 5.93. The molecule has 2 rings (SSSR count). The van der Waals surface area contributed by atoms with Gasteiger partial charge in [-0.1, -0.05) is 13.8 Å². The maximum absolute atomic E-state index is 11.5. The van der Waals surface area contributed by atoms with Crippen LogP contribution in [0.5, 0.6) is 0 Å². The fourth-order valence-corrected chi connectivity index (χ4v) is 3.09. The lowest BCUT2D eigenvalue weighted by Crippen LogP contribution is -2.39. The molecule has 1 saturated carbocycles. The Morgan fingerprint density at radius 2 is 1.92 bits per heavy atom. The first kappa shape index (κ1) is 18.2. The standard InChI is InChI=1S/C17H27N5O2.H2/c1-10(2)8-15-14(16(18)24)9-19-17(22-15)21-13-6-4-12(5-7-13)20-11(3)23;/h9-10,12-13H,4-8H2,1-3H3,(H2,18,24)(H,20,23)(H,19,21,22);1H. The van der Waals surface area contributed by atoms with Gasteiger partial charge in [-0.25, -0.2) is 9.97 Å². The monoisotopic (exact) mass is 335 g/mol. The molecule has 0 atom stereocenters. The molecule has 0 bridgehead atoms. The van der Waals surface area contributed by atoms with Crippen LogP contribution < -0.4 is 16.4 Å². The summed E-state index contributed by atoms with van der Waals surface area (Å²) in [7, 11) is 0. The first-order chi connectivity index (χ1) is 11.3. The lowest BCUT2D eigenvalue weighted by molar-refractivity contribution is -0.119. The van der Waals surface area contributed by atoms with E-state index in [0.29, 0.717) is 29.5 Å². The van der Waals surface area contributed by atoms with E-state index >= 15 is 0 Å². The molecule has 0 radical (unpaired) electrons. The molecule has 0 aromatic carbocycles. The number of nitrogens with one attached hydrogen (secondary N) is 2. The zero-order chi connectivity index (χ0) is 17.7. The van der Waals surface area contributed by atoms with E-state index in [1.54, 1.807) is 6.92 Å². The SMILES string of the molecule is CC(=O)NC1CCC(Nc2ncc(C(N)=O)c(CC(C)C)n2)CC1.[HH]. The maximum atomic E-state index is 11.5. The maximum Gasteiger partial charge on any atom is 0.252 e. The largest absolute Gasteiger partial charge is 0.365 e. The molecular formula is C17H29N5O2. The Morgan fingerprint density at radius 3 is 2.46 bits per heavy atom. The third-order valence-corrected chi connectivity index (χ3v) is 4.20. The summed E-state index contributed by atoms with van der Waals surface area (Å²) in [5.41, 5.74) is 6.49. The van der Waals surface area contributed by atoms with Gasteiger partial charge in [0.15, 0.2) is 0 Å². The number of rotatable bonds is 6. The summed E-state index contributed by atoms with van der Waals surface area (Å²) < 4.78 is 0. The Balaban J connectivity index is 0.00000312. The van der Waals surface area contributed by atoms with Crippen molar-refractivity contribution >= 4 is 17.8 Å². The average molecular weight is 335 g/mol. The minimum atomic E-state index is -0.493. The van der Waals surface area contributed by atoms with Crippen LogP contribution in [0, 0.1) is 5.92 Å². The Bertz CT molecular complexity index is 601. The molecule has 134 valence electrons. The molecule has 7 nitrogen and oxygen atoms in total. The van der Waals surface area contributed by atoms with E-state index in [9.17, 15) is 9.59 Å². The van der Waals surface area contributed by atoms with Crippen LogP contribution in [0.25, 0.3) is 0 Å². The van der Waals surface area contributed by atoms with Crippen molar-refractivity contribution in [2.45, 2.75) is 65.0 Å². The summed E-state index contributed by atoms with van der Waals surface area (Å²) in [5, 5.41) is 6.31. The van der Waals surface area contributed by atoms with Crippen LogP contribution in [0.1, 0.15) is 63.9 Å². The highest BCUT2D eigenvalue weighted by Crippen LogP contribution is 2.22. The van der Waals surface area contributed by atoms with Crippen LogP contribution in [0.15, 0.2) is 6.20 Å². The summed E-state index contributed by atoms with van der Waals surface area (Å²) in [6.07, 6.45) is 5.98. The second-order valence-electron chi connectivity index (χ2n) is 6.91. The molecule has 1 aliphatic carbocycles. The Labute approximate surface area is 144 Å². The third kappa shape index (κ3) is 5.18. The molecule has 24 heavy (non-hydrogen) atoms. The molecular weight excluding hydrogens is 306 g/mol. The fourth-order valence-electron chi connectivity index (χ4n) is 3.09. The number of anilines is 1. The summed E-state index contributed by atoms with van der Waals surface area (Å²) in [6.45, 7) is 5.70. The van der Waals surface area contributed by atoms with Gasteiger partial charge < -0.3 is 16.4 Å². The predicted octanol–water partition coefficient (Wildman–Crippen LogP) is 1.88. The van der Waals surface area contributed by atoms with Gasteiger partial charge in [-0.15, -0.1) is 0 Å². The van der Waals surface area contributed by atoms with Crippen LogP contribution in [0.2, 0.25) is 0 Å². The molecule has 1 heterocycles. The van der Waals surface area contributed by atoms with Gasteiger partial charge in [0.2, 0.25) is 11.9 Å².